The fourth-order valence-corrected chi connectivity index (χ4v) is 2.23. The average Bonchev–Trinajstić information content (AvgIpc) is 2.86. The van der Waals surface area contributed by atoms with E-state index in [1.54, 1.807) is 20.8 Å². The molecule has 0 bridgehead atoms. The maximum atomic E-state index is 12.2. The molecule has 1 unspecified atom stereocenters. The van der Waals surface area contributed by atoms with Crippen LogP contribution in [0.15, 0.2) is 30.3 Å². The molecule has 2 rings (SSSR count). The van der Waals surface area contributed by atoms with Crippen LogP contribution in [0.5, 0.6) is 0 Å². The summed E-state index contributed by atoms with van der Waals surface area (Å²) >= 11 is 0. The largest absolute Gasteiger partial charge is 0.460 e. The molecule has 1 fully saturated rings. The fraction of sp³-hybridized carbons (Fsp3) is 0.471. The van der Waals surface area contributed by atoms with Gasteiger partial charge in [-0.1, -0.05) is 30.3 Å². The van der Waals surface area contributed by atoms with Crippen molar-refractivity contribution in [3.05, 3.63) is 35.9 Å². The van der Waals surface area contributed by atoms with Gasteiger partial charge >= 0.3 is 12.1 Å². The van der Waals surface area contributed by atoms with Crippen LogP contribution in [0.1, 0.15) is 32.8 Å². The first kappa shape index (κ1) is 17.0. The molecular weight excluding hydrogens is 298 g/mol. The summed E-state index contributed by atoms with van der Waals surface area (Å²) in [5.74, 6) is -2.10. The van der Waals surface area contributed by atoms with Crippen LogP contribution in [0.4, 0.5) is 4.79 Å². The van der Waals surface area contributed by atoms with Gasteiger partial charge in [-0.3, -0.25) is 9.59 Å². The lowest BCUT2D eigenvalue weighted by Gasteiger charge is -2.23. The zero-order valence-electron chi connectivity index (χ0n) is 13.6. The number of nitrogens with zero attached hydrogens (tertiary/aromatic N) is 1. The molecule has 0 saturated carbocycles. The highest BCUT2D eigenvalue weighted by molar-refractivity contribution is 6.05. The van der Waals surface area contributed by atoms with E-state index >= 15 is 0 Å². The van der Waals surface area contributed by atoms with Crippen LogP contribution in [0.3, 0.4) is 0 Å². The molecule has 1 atom stereocenters. The van der Waals surface area contributed by atoms with Crippen molar-refractivity contribution < 1.29 is 23.9 Å². The molecular formula is C17H21NO5. The molecule has 6 nitrogen and oxygen atoms in total. The Morgan fingerprint density at radius 3 is 2.48 bits per heavy atom. The minimum Gasteiger partial charge on any atom is -0.460 e. The molecule has 2 amide bonds. The Kier molecular flexibility index (Phi) is 5.03. The first-order valence-electron chi connectivity index (χ1n) is 7.53. The van der Waals surface area contributed by atoms with Crippen LogP contribution in [0.2, 0.25) is 0 Å². The van der Waals surface area contributed by atoms with Gasteiger partial charge in [-0.2, -0.15) is 0 Å². The number of hydrogen-bond donors (Lipinski definition) is 0. The van der Waals surface area contributed by atoms with Crippen molar-refractivity contribution in [2.75, 3.05) is 6.54 Å². The van der Waals surface area contributed by atoms with E-state index < -0.39 is 29.5 Å². The summed E-state index contributed by atoms with van der Waals surface area (Å²) in [5.41, 5.74) is 0.152. The predicted molar refractivity (Wildman–Crippen MR) is 82.3 cm³/mol. The van der Waals surface area contributed by atoms with Crippen LogP contribution >= 0.6 is 0 Å². The number of benzene rings is 1. The third-order valence-electron chi connectivity index (χ3n) is 3.33. The minimum absolute atomic E-state index is 0.107. The molecule has 0 aromatic heterocycles. The smallest absolute Gasteiger partial charge is 0.417 e. The van der Waals surface area contributed by atoms with E-state index in [2.05, 4.69) is 0 Å². The lowest BCUT2D eigenvalue weighted by Crippen LogP contribution is -2.39. The second-order valence-corrected chi connectivity index (χ2v) is 6.40. The summed E-state index contributed by atoms with van der Waals surface area (Å²) in [4.78, 5) is 37.2. The first-order chi connectivity index (χ1) is 10.8. The Labute approximate surface area is 135 Å². The molecule has 1 heterocycles. The van der Waals surface area contributed by atoms with Gasteiger partial charge in [-0.25, -0.2) is 9.69 Å². The van der Waals surface area contributed by atoms with Crippen molar-refractivity contribution in [2.45, 2.75) is 39.4 Å². The maximum absolute atomic E-state index is 12.2. The van der Waals surface area contributed by atoms with Crippen LogP contribution in [0, 0.1) is 5.92 Å². The fourth-order valence-electron chi connectivity index (χ4n) is 2.23. The average molecular weight is 319 g/mol. The van der Waals surface area contributed by atoms with Crippen molar-refractivity contribution in [3.8, 4) is 0 Å². The van der Waals surface area contributed by atoms with E-state index in [0.29, 0.717) is 0 Å². The van der Waals surface area contributed by atoms with Crippen molar-refractivity contribution >= 4 is 18.0 Å². The van der Waals surface area contributed by atoms with E-state index in [4.69, 9.17) is 9.47 Å². The van der Waals surface area contributed by atoms with Gasteiger partial charge in [0, 0.05) is 6.54 Å². The summed E-state index contributed by atoms with van der Waals surface area (Å²) in [6.45, 7) is 5.43. The van der Waals surface area contributed by atoms with Gasteiger partial charge in [-0.05, 0) is 32.8 Å². The van der Waals surface area contributed by atoms with Gasteiger partial charge in [0.2, 0.25) is 5.91 Å². The zero-order valence-corrected chi connectivity index (χ0v) is 13.6. The number of hydrogen-bond acceptors (Lipinski definition) is 5. The molecule has 1 aliphatic rings. The highest BCUT2D eigenvalue weighted by Crippen LogP contribution is 2.22. The van der Waals surface area contributed by atoms with Gasteiger partial charge in [0.05, 0.1) is 0 Å². The van der Waals surface area contributed by atoms with Gasteiger partial charge < -0.3 is 9.47 Å². The topological polar surface area (TPSA) is 72.9 Å². The van der Waals surface area contributed by atoms with Gasteiger partial charge in [-0.15, -0.1) is 0 Å². The number of ether oxygens (including phenoxy) is 2. The van der Waals surface area contributed by atoms with Gasteiger partial charge in [0.1, 0.15) is 18.1 Å². The Bertz CT molecular complexity index is 591. The monoisotopic (exact) mass is 319 g/mol. The second kappa shape index (κ2) is 6.81. The third kappa shape index (κ3) is 4.55. The summed E-state index contributed by atoms with van der Waals surface area (Å²) in [6, 6.07) is 9.21. The molecule has 124 valence electrons. The number of rotatable bonds is 3. The number of esters is 1. The van der Waals surface area contributed by atoms with Crippen molar-refractivity contribution in [2.24, 2.45) is 5.92 Å². The molecule has 0 spiro atoms. The first-order valence-corrected chi connectivity index (χ1v) is 7.53. The summed E-state index contributed by atoms with van der Waals surface area (Å²) in [6.07, 6.45) is -0.466. The Morgan fingerprint density at radius 2 is 1.87 bits per heavy atom. The highest BCUT2D eigenvalue weighted by atomic mass is 16.6. The highest BCUT2D eigenvalue weighted by Gasteiger charge is 2.42. The van der Waals surface area contributed by atoms with Crippen molar-refractivity contribution in [1.82, 2.24) is 4.90 Å². The number of likely N-dealkylation sites (tertiary alicyclic amines) is 1. The maximum Gasteiger partial charge on any atom is 0.417 e. The standard InChI is InChI=1S/C17H21NO5/c1-17(2,3)23-16(21)18-10-9-13(14(18)19)15(20)22-11-12-7-5-4-6-8-12/h4-8,13H,9-11H2,1-3H3. The van der Waals surface area contributed by atoms with Gasteiger partial charge in [0.25, 0.3) is 0 Å². The van der Waals surface area contributed by atoms with Gasteiger partial charge in [0.15, 0.2) is 0 Å². The summed E-state index contributed by atoms with van der Waals surface area (Å²) < 4.78 is 10.3. The van der Waals surface area contributed by atoms with E-state index in [9.17, 15) is 14.4 Å². The van der Waals surface area contributed by atoms with Crippen LogP contribution < -0.4 is 0 Å². The quantitative estimate of drug-likeness (QED) is 0.632. The minimum atomic E-state index is -0.939. The molecule has 6 heteroatoms. The predicted octanol–water partition coefficient (Wildman–Crippen LogP) is 2.51. The number of carbonyl (C=O) groups is 3. The van der Waals surface area contributed by atoms with Crippen LogP contribution in [-0.2, 0) is 25.7 Å². The Morgan fingerprint density at radius 1 is 1.22 bits per heavy atom. The Balaban J connectivity index is 1.90. The lowest BCUT2D eigenvalue weighted by atomic mass is 10.1. The van der Waals surface area contributed by atoms with Crippen molar-refractivity contribution in [1.29, 1.82) is 0 Å². The van der Waals surface area contributed by atoms with E-state index in [-0.39, 0.29) is 19.6 Å². The van der Waals surface area contributed by atoms with E-state index in [1.807, 2.05) is 30.3 Å². The van der Waals surface area contributed by atoms with E-state index in [0.717, 1.165) is 10.5 Å². The zero-order chi connectivity index (χ0) is 17.0. The van der Waals surface area contributed by atoms with Crippen molar-refractivity contribution in [3.63, 3.8) is 0 Å². The molecule has 1 aromatic carbocycles. The van der Waals surface area contributed by atoms with E-state index in [1.165, 1.54) is 0 Å². The third-order valence-corrected chi connectivity index (χ3v) is 3.33. The Hall–Kier alpha value is -2.37. The normalized spacial score (nSPS) is 18.0. The summed E-state index contributed by atoms with van der Waals surface area (Å²) in [5, 5.41) is 0. The SMILES string of the molecule is CC(C)(C)OC(=O)N1CCC(C(=O)OCc2ccccc2)C1=O. The lowest BCUT2D eigenvalue weighted by molar-refractivity contribution is -0.153. The van der Waals surface area contributed by atoms with Crippen LogP contribution in [-0.4, -0.2) is 35.0 Å². The number of amides is 2. The molecule has 0 N–H and O–H groups in total. The summed E-state index contributed by atoms with van der Waals surface area (Å²) in [7, 11) is 0. The molecule has 0 radical (unpaired) electrons. The number of carbonyl (C=O) groups excluding carboxylic acids is 3. The second-order valence-electron chi connectivity index (χ2n) is 6.40. The molecule has 0 aliphatic carbocycles. The van der Waals surface area contributed by atoms with Crippen LogP contribution in [0.25, 0.3) is 0 Å². The molecule has 1 aliphatic heterocycles. The molecule has 1 saturated heterocycles. The molecule has 1 aromatic rings. The molecule has 23 heavy (non-hydrogen) atoms. The number of imide groups is 1.